The van der Waals surface area contributed by atoms with Crippen molar-refractivity contribution in [3.63, 3.8) is 0 Å². The van der Waals surface area contributed by atoms with Crippen molar-refractivity contribution in [1.29, 1.82) is 0 Å². The summed E-state index contributed by atoms with van der Waals surface area (Å²) in [5, 5.41) is 8.86. The van der Waals surface area contributed by atoms with Gasteiger partial charge >= 0.3 is 6.09 Å². The van der Waals surface area contributed by atoms with Crippen LogP contribution in [0.2, 0.25) is 0 Å². The molecule has 0 aromatic heterocycles. The van der Waals surface area contributed by atoms with Crippen molar-refractivity contribution in [3.05, 3.63) is 0 Å². The lowest BCUT2D eigenvalue weighted by Gasteiger charge is -2.30. The van der Waals surface area contributed by atoms with Crippen molar-refractivity contribution in [1.82, 2.24) is 4.90 Å². The van der Waals surface area contributed by atoms with Gasteiger partial charge in [-0.15, -0.1) is 0 Å². The van der Waals surface area contributed by atoms with E-state index < -0.39 is 17.1 Å². The number of hydrogen-bond donors (Lipinski definition) is 1. The van der Waals surface area contributed by atoms with E-state index in [1.807, 2.05) is 27.7 Å². The normalized spacial score (nSPS) is 20.9. The zero-order valence-electron chi connectivity index (χ0n) is 11.5. The Hall–Kier alpha value is -0.910. The summed E-state index contributed by atoms with van der Waals surface area (Å²) in [5.74, 6) is 0.256. The Labute approximate surface area is 111 Å². The van der Waals surface area contributed by atoms with E-state index >= 15 is 0 Å². The minimum Gasteiger partial charge on any atom is -0.465 e. The van der Waals surface area contributed by atoms with E-state index in [-0.39, 0.29) is 10.7 Å². The summed E-state index contributed by atoms with van der Waals surface area (Å²) in [7, 11) is -1.23. The smallest absolute Gasteiger partial charge is 0.407 e. The van der Waals surface area contributed by atoms with Crippen LogP contribution in [0.4, 0.5) is 4.79 Å². The van der Waals surface area contributed by atoms with E-state index in [0.29, 0.717) is 13.1 Å². The highest BCUT2D eigenvalue weighted by molar-refractivity contribution is 7.85. The molecular weight excluding hydrogens is 252 g/mol. The standard InChI is InChI=1S/C12H22N2O3S/c1-9(13-18(17)12(2,3)4)10-5-7-14(8-6-10)11(15)16/h10H,5-8H2,1-4H3,(H,15,16). The average Bonchev–Trinajstić information content (AvgIpc) is 2.27. The molecule has 1 amide bonds. The first-order valence-corrected chi connectivity index (χ1v) is 7.27. The van der Waals surface area contributed by atoms with Gasteiger partial charge in [-0.2, -0.15) is 4.40 Å². The monoisotopic (exact) mass is 274 g/mol. The Balaban J connectivity index is 2.60. The lowest BCUT2D eigenvalue weighted by atomic mass is 9.93. The number of likely N-dealkylation sites (tertiary alicyclic amines) is 1. The molecule has 1 unspecified atom stereocenters. The summed E-state index contributed by atoms with van der Waals surface area (Å²) in [6.07, 6.45) is 0.674. The fourth-order valence-corrected chi connectivity index (χ4v) is 2.52. The first kappa shape index (κ1) is 15.1. The molecule has 5 nitrogen and oxygen atoms in total. The van der Waals surface area contributed by atoms with E-state index in [1.165, 1.54) is 4.90 Å². The number of rotatable bonds is 2. The predicted molar refractivity (Wildman–Crippen MR) is 73.3 cm³/mol. The summed E-state index contributed by atoms with van der Waals surface area (Å²) in [6, 6.07) is 0. The van der Waals surface area contributed by atoms with Crippen LogP contribution in [-0.2, 0) is 11.0 Å². The van der Waals surface area contributed by atoms with Gasteiger partial charge in [-0.25, -0.2) is 9.00 Å². The van der Waals surface area contributed by atoms with E-state index in [4.69, 9.17) is 5.11 Å². The number of amides is 1. The number of carboxylic acid groups (broad SMARTS) is 1. The fourth-order valence-electron chi connectivity index (χ4n) is 1.83. The van der Waals surface area contributed by atoms with Gasteiger partial charge < -0.3 is 10.0 Å². The van der Waals surface area contributed by atoms with Gasteiger partial charge in [-0.1, -0.05) is 0 Å². The third-order valence-electron chi connectivity index (χ3n) is 3.11. The molecule has 0 aromatic carbocycles. The largest absolute Gasteiger partial charge is 0.465 e. The molecule has 1 heterocycles. The van der Waals surface area contributed by atoms with Gasteiger partial charge in [-0.05, 0) is 40.5 Å². The van der Waals surface area contributed by atoms with Crippen LogP contribution in [0.3, 0.4) is 0 Å². The van der Waals surface area contributed by atoms with Gasteiger partial charge in [0, 0.05) is 24.7 Å². The molecular formula is C12H22N2O3S. The van der Waals surface area contributed by atoms with Crippen molar-refractivity contribution >= 4 is 22.8 Å². The molecule has 0 aliphatic carbocycles. The maximum Gasteiger partial charge on any atom is 0.407 e. The Morgan fingerprint density at radius 2 is 1.83 bits per heavy atom. The lowest BCUT2D eigenvalue weighted by Crippen LogP contribution is -2.39. The molecule has 18 heavy (non-hydrogen) atoms. The van der Waals surface area contributed by atoms with Crippen LogP contribution in [0.15, 0.2) is 4.40 Å². The lowest BCUT2D eigenvalue weighted by molar-refractivity contribution is 0.131. The molecule has 1 aliphatic heterocycles. The van der Waals surface area contributed by atoms with Gasteiger partial charge in [0.2, 0.25) is 0 Å². The fraction of sp³-hybridized carbons (Fsp3) is 0.833. The minimum absolute atomic E-state index is 0.256. The van der Waals surface area contributed by atoms with Gasteiger partial charge in [0.25, 0.3) is 0 Å². The Bertz CT molecular complexity index is 366. The van der Waals surface area contributed by atoms with E-state index in [1.54, 1.807) is 0 Å². The van der Waals surface area contributed by atoms with Crippen molar-refractivity contribution < 1.29 is 14.1 Å². The summed E-state index contributed by atoms with van der Waals surface area (Å²) < 4.78 is 15.8. The van der Waals surface area contributed by atoms with Crippen molar-refractivity contribution in [2.45, 2.75) is 45.3 Å². The van der Waals surface area contributed by atoms with Crippen LogP contribution < -0.4 is 0 Å². The molecule has 6 heteroatoms. The molecule has 0 bridgehead atoms. The number of nitrogens with zero attached hydrogens (tertiary/aromatic N) is 2. The van der Waals surface area contributed by atoms with Gasteiger partial charge in [0.05, 0.1) is 4.75 Å². The van der Waals surface area contributed by atoms with Gasteiger partial charge in [-0.3, -0.25) is 0 Å². The highest BCUT2D eigenvalue weighted by Gasteiger charge is 2.25. The molecule has 1 N–H and O–H groups in total. The first-order chi connectivity index (χ1) is 8.21. The molecule has 0 aromatic rings. The molecule has 104 valence electrons. The zero-order valence-corrected chi connectivity index (χ0v) is 12.3. The Morgan fingerprint density at radius 1 is 1.33 bits per heavy atom. The van der Waals surface area contributed by atoms with E-state index in [0.717, 1.165) is 18.6 Å². The van der Waals surface area contributed by atoms with Crippen molar-refractivity contribution in [2.75, 3.05) is 13.1 Å². The maximum atomic E-state index is 11.9. The molecule has 0 spiro atoms. The average molecular weight is 274 g/mol. The van der Waals surface area contributed by atoms with Gasteiger partial charge in [0.15, 0.2) is 0 Å². The molecule has 1 atom stereocenters. The first-order valence-electron chi connectivity index (χ1n) is 6.17. The summed E-state index contributed by atoms with van der Waals surface area (Å²) in [5.41, 5.74) is 0.883. The molecule has 0 radical (unpaired) electrons. The second kappa shape index (κ2) is 5.82. The Kier molecular flexibility index (Phi) is 4.90. The highest BCUT2D eigenvalue weighted by Crippen LogP contribution is 2.21. The summed E-state index contributed by atoms with van der Waals surface area (Å²) in [4.78, 5) is 12.2. The van der Waals surface area contributed by atoms with Crippen LogP contribution in [0.1, 0.15) is 40.5 Å². The number of piperidine rings is 1. The summed E-state index contributed by atoms with van der Waals surface area (Å²) >= 11 is 0. The quantitative estimate of drug-likeness (QED) is 0.785. The molecule has 1 rings (SSSR count). The van der Waals surface area contributed by atoms with E-state index in [2.05, 4.69) is 4.40 Å². The molecule has 0 saturated carbocycles. The second-order valence-electron chi connectivity index (χ2n) is 5.64. The van der Waals surface area contributed by atoms with Crippen LogP contribution in [0.5, 0.6) is 0 Å². The third kappa shape index (κ3) is 4.08. The van der Waals surface area contributed by atoms with Crippen molar-refractivity contribution in [3.8, 4) is 0 Å². The Morgan fingerprint density at radius 3 is 2.22 bits per heavy atom. The van der Waals surface area contributed by atoms with Crippen LogP contribution in [-0.4, -0.2) is 43.9 Å². The minimum atomic E-state index is -1.23. The number of carbonyl (C=O) groups is 1. The second-order valence-corrected chi connectivity index (χ2v) is 7.54. The van der Waals surface area contributed by atoms with Crippen LogP contribution >= 0.6 is 0 Å². The van der Waals surface area contributed by atoms with Crippen LogP contribution in [0.25, 0.3) is 0 Å². The summed E-state index contributed by atoms with van der Waals surface area (Å²) in [6.45, 7) is 8.65. The predicted octanol–water partition coefficient (Wildman–Crippen LogP) is 2.30. The van der Waals surface area contributed by atoms with Crippen molar-refractivity contribution in [2.24, 2.45) is 10.3 Å². The SMILES string of the molecule is CC(=NS(=O)C(C)(C)C)C1CCN(C(=O)O)CC1. The molecule has 1 aliphatic rings. The molecule has 1 saturated heterocycles. The zero-order chi connectivity index (χ0) is 13.9. The highest BCUT2D eigenvalue weighted by atomic mass is 32.2. The third-order valence-corrected chi connectivity index (χ3v) is 4.61. The van der Waals surface area contributed by atoms with Crippen LogP contribution in [0, 0.1) is 5.92 Å². The number of hydrogen-bond acceptors (Lipinski definition) is 2. The maximum absolute atomic E-state index is 11.9. The van der Waals surface area contributed by atoms with Gasteiger partial charge in [0.1, 0.15) is 11.0 Å². The molecule has 1 fully saturated rings. The topological polar surface area (TPSA) is 70.0 Å². The van der Waals surface area contributed by atoms with E-state index in [9.17, 15) is 9.00 Å².